The molecule has 0 bridgehead atoms. The zero-order chi connectivity index (χ0) is 21.0. The first-order valence-electron chi connectivity index (χ1n) is 8.92. The van der Waals surface area contributed by atoms with Gasteiger partial charge in [0.05, 0.1) is 16.5 Å². The molecule has 1 amide bonds. The zero-order valence-corrected chi connectivity index (χ0v) is 18.0. The van der Waals surface area contributed by atoms with Gasteiger partial charge in [0.1, 0.15) is 12.4 Å². The van der Waals surface area contributed by atoms with Crippen molar-refractivity contribution >= 4 is 35.0 Å². The maximum Gasteiger partial charge on any atom is 0.234 e. The van der Waals surface area contributed by atoms with Crippen LogP contribution < -0.4 is 15.9 Å². The predicted molar refractivity (Wildman–Crippen MR) is 116 cm³/mol. The highest BCUT2D eigenvalue weighted by Crippen LogP contribution is 2.25. The first-order chi connectivity index (χ1) is 13.8. The fourth-order valence-corrected chi connectivity index (χ4v) is 3.66. The number of nitrogens with zero attached hydrogens (tertiary/aromatic N) is 3. The number of aryl methyl sites for hydroxylation is 3. The van der Waals surface area contributed by atoms with E-state index in [4.69, 9.17) is 22.2 Å². The van der Waals surface area contributed by atoms with Crippen molar-refractivity contribution in [2.45, 2.75) is 32.5 Å². The molecule has 0 atom stereocenters. The van der Waals surface area contributed by atoms with Gasteiger partial charge in [-0.25, -0.2) is 4.68 Å². The second-order valence-corrected chi connectivity index (χ2v) is 7.95. The standard InChI is InChI=1S/C20H22ClN5O2S/c1-12-7-8-16(15(21)9-12)23-18(27)11-29-20-25-24-17(26(20)22)10-28-19-13(2)5-4-6-14(19)3/h4-9H,10-11,22H2,1-3H3,(H,23,27). The normalized spacial score (nSPS) is 10.8. The minimum atomic E-state index is -0.211. The van der Waals surface area contributed by atoms with Gasteiger partial charge in [0.2, 0.25) is 11.1 Å². The Bertz CT molecular complexity index is 1020. The summed E-state index contributed by atoms with van der Waals surface area (Å²) in [5.74, 6) is 7.25. The van der Waals surface area contributed by atoms with E-state index in [1.807, 2.05) is 45.0 Å². The van der Waals surface area contributed by atoms with E-state index in [2.05, 4.69) is 15.5 Å². The number of nitrogen functional groups attached to an aromatic ring is 1. The van der Waals surface area contributed by atoms with Gasteiger partial charge in [-0.05, 0) is 49.6 Å². The van der Waals surface area contributed by atoms with Gasteiger partial charge in [-0.15, -0.1) is 10.2 Å². The number of carbonyl (C=O) groups is 1. The van der Waals surface area contributed by atoms with Gasteiger partial charge in [-0.3, -0.25) is 4.79 Å². The van der Waals surface area contributed by atoms with Crippen molar-refractivity contribution in [3.63, 3.8) is 0 Å². The fourth-order valence-electron chi connectivity index (χ4n) is 2.71. The van der Waals surface area contributed by atoms with Crippen molar-refractivity contribution in [1.29, 1.82) is 0 Å². The number of amides is 1. The zero-order valence-electron chi connectivity index (χ0n) is 16.4. The molecule has 29 heavy (non-hydrogen) atoms. The lowest BCUT2D eigenvalue weighted by Crippen LogP contribution is -2.18. The third-order valence-electron chi connectivity index (χ3n) is 4.22. The molecule has 0 aliphatic heterocycles. The van der Waals surface area contributed by atoms with E-state index < -0.39 is 0 Å². The molecule has 0 aliphatic rings. The number of halogens is 1. The van der Waals surface area contributed by atoms with E-state index >= 15 is 0 Å². The summed E-state index contributed by atoms with van der Waals surface area (Å²) in [7, 11) is 0. The number of ether oxygens (including phenoxy) is 1. The average Bonchev–Trinajstić information content (AvgIpc) is 3.02. The summed E-state index contributed by atoms with van der Waals surface area (Å²) in [5, 5.41) is 11.8. The lowest BCUT2D eigenvalue weighted by atomic mass is 10.1. The lowest BCUT2D eigenvalue weighted by molar-refractivity contribution is -0.113. The molecule has 1 aromatic heterocycles. The van der Waals surface area contributed by atoms with Crippen LogP contribution in [0.25, 0.3) is 0 Å². The summed E-state index contributed by atoms with van der Waals surface area (Å²) >= 11 is 7.33. The van der Waals surface area contributed by atoms with Crippen molar-refractivity contribution in [3.05, 3.63) is 63.9 Å². The summed E-state index contributed by atoms with van der Waals surface area (Å²) in [4.78, 5) is 12.2. The van der Waals surface area contributed by atoms with Crippen molar-refractivity contribution in [2.24, 2.45) is 0 Å². The van der Waals surface area contributed by atoms with E-state index in [1.165, 1.54) is 16.4 Å². The number of rotatable bonds is 7. The van der Waals surface area contributed by atoms with Crippen LogP contribution in [0.2, 0.25) is 5.02 Å². The number of thioether (sulfide) groups is 1. The summed E-state index contributed by atoms with van der Waals surface area (Å²) in [6, 6.07) is 11.4. The summed E-state index contributed by atoms with van der Waals surface area (Å²) in [5.41, 5.74) is 3.66. The number of aromatic nitrogens is 3. The first-order valence-corrected chi connectivity index (χ1v) is 10.3. The number of para-hydroxylation sites is 1. The largest absolute Gasteiger partial charge is 0.485 e. The Kier molecular flexibility index (Phi) is 6.66. The topological polar surface area (TPSA) is 95.1 Å². The van der Waals surface area contributed by atoms with Crippen molar-refractivity contribution in [3.8, 4) is 5.75 Å². The van der Waals surface area contributed by atoms with Gasteiger partial charge < -0.3 is 15.9 Å². The van der Waals surface area contributed by atoms with Crippen LogP contribution >= 0.6 is 23.4 Å². The van der Waals surface area contributed by atoms with E-state index in [-0.39, 0.29) is 18.3 Å². The molecule has 1 heterocycles. The smallest absolute Gasteiger partial charge is 0.234 e. The van der Waals surface area contributed by atoms with Crippen LogP contribution in [0.15, 0.2) is 41.6 Å². The number of benzene rings is 2. The highest BCUT2D eigenvalue weighted by atomic mass is 35.5. The van der Waals surface area contributed by atoms with E-state index in [1.54, 1.807) is 12.1 Å². The molecule has 7 nitrogen and oxygen atoms in total. The van der Waals surface area contributed by atoms with Crippen molar-refractivity contribution in [2.75, 3.05) is 16.9 Å². The Morgan fingerprint density at radius 1 is 1.21 bits per heavy atom. The van der Waals surface area contributed by atoms with Gasteiger partial charge in [-0.1, -0.05) is 47.6 Å². The summed E-state index contributed by atoms with van der Waals surface area (Å²) < 4.78 is 7.21. The molecule has 2 aromatic carbocycles. The second-order valence-electron chi connectivity index (χ2n) is 6.60. The van der Waals surface area contributed by atoms with Crippen LogP contribution in [0.4, 0.5) is 5.69 Å². The molecule has 3 rings (SSSR count). The third-order valence-corrected chi connectivity index (χ3v) is 5.48. The molecule has 0 aliphatic carbocycles. The SMILES string of the molecule is Cc1ccc(NC(=O)CSc2nnc(COc3c(C)cccc3C)n2N)c(Cl)c1. The number of nitrogens with one attached hydrogen (secondary N) is 1. The molecule has 3 aromatic rings. The lowest BCUT2D eigenvalue weighted by Gasteiger charge is -2.11. The fraction of sp³-hybridized carbons (Fsp3) is 0.250. The highest BCUT2D eigenvalue weighted by Gasteiger charge is 2.14. The first kappa shape index (κ1) is 21.0. The van der Waals surface area contributed by atoms with Gasteiger partial charge in [0, 0.05) is 0 Å². The average molecular weight is 432 g/mol. The maximum absolute atomic E-state index is 12.2. The minimum absolute atomic E-state index is 0.122. The Labute approximate surface area is 178 Å². The minimum Gasteiger partial charge on any atom is -0.485 e. The van der Waals surface area contributed by atoms with Crippen LogP contribution in [0.5, 0.6) is 5.75 Å². The highest BCUT2D eigenvalue weighted by molar-refractivity contribution is 7.99. The third kappa shape index (κ3) is 5.21. The second kappa shape index (κ2) is 9.19. The molecule has 0 radical (unpaired) electrons. The van der Waals surface area contributed by atoms with Gasteiger partial charge in [-0.2, -0.15) is 0 Å². The Hall–Kier alpha value is -2.71. The predicted octanol–water partition coefficient (Wildman–Crippen LogP) is 3.88. The van der Waals surface area contributed by atoms with Gasteiger partial charge >= 0.3 is 0 Å². The molecule has 3 N–H and O–H groups in total. The molecule has 152 valence electrons. The van der Waals surface area contributed by atoms with Crippen LogP contribution in [0.3, 0.4) is 0 Å². The maximum atomic E-state index is 12.2. The molecular formula is C20H22ClN5O2S. The van der Waals surface area contributed by atoms with E-state index in [0.29, 0.717) is 21.7 Å². The van der Waals surface area contributed by atoms with Crippen LogP contribution in [0, 0.1) is 20.8 Å². The number of hydrogen-bond donors (Lipinski definition) is 2. The number of hydrogen-bond acceptors (Lipinski definition) is 6. The molecular weight excluding hydrogens is 410 g/mol. The Balaban J connectivity index is 1.57. The van der Waals surface area contributed by atoms with Gasteiger partial charge in [0.15, 0.2) is 5.82 Å². The van der Waals surface area contributed by atoms with Crippen molar-refractivity contribution < 1.29 is 9.53 Å². The summed E-state index contributed by atoms with van der Waals surface area (Å²) in [6.07, 6.45) is 0. The van der Waals surface area contributed by atoms with Crippen LogP contribution in [-0.2, 0) is 11.4 Å². The number of anilines is 1. The molecule has 0 saturated heterocycles. The van der Waals surface area contributed by atoms with Crippen LogP contribution in [-0.4, -0.2) is 26.5 Å². The van der Waals surface area contributed by atoms with Gasteiger partial charge in [0.25, 0.3) is 0 Å². The number of carbonyl (C=O) groups excluding carboxylic acids is 1. The monoisotopic (exact) mass is 431 g/mol. The molecule has 9 heteroatoms. The van der Waals surface area contributed by atoms with E-state index in [0.717, 1.165) is 22.4 Å². The molecule has 0 unspecified atom stereocenters. The molecule has 0 fully saturated rings. The van der Waals surface area contributed by atoms with E-state index in [9.17, 15) is 4.79 Å². The summed E-state index contributed by atoms with van der Waals surface area (Å²) in [6.45, 7) is 6.08. The Morgan fingerprint density at radius 3 is 2.62 bits per heavy atom. The van der Waals surface area contributed by atoms with Crippen molar-refractivity contribution in [1.82, 2.24) is 14.9 Å². The number of nitrogens with two attached hydrogens (primary N) is 1. The molecule has 0 spiro atoms. The quantitative estimate of drug-likeness (QED) is 0.435. The Morgan fingerprint density at radius 2 is 1.93 bits per heavy atom. The molecule has 0 saturated carbocycles. The van der Waals surface area contributed by atoms with Crippen LogP contribution in [0.1, 0.15) is 22.5 Å².